The predicted molar refractivity (Wildman–Crippen MR) is 131 cm³/mol. The van der Waals surface area contributed by atoms with Gasteiger partial charge in [0.1, 0.15) is 17.3 Å². The fourth-order valence-corrected chi connectivity index (χ4v) is 4.55. The van der Waals surface area contributed by atoms with Gasteiger partial charge in [-0.25, -0.2) is 0 Å². The smallest absolute Gasteiger partial charge is 0.295 e. The van der Waals surface area contributed by atoms with Gasteiger partial charge >= 0.3 is 0 Å². The summed E-state index contributed by atoms with van der Waals surface area (Å²) in [6.45, 7) is 7.50. The monoisotopic (exact) mass is 478 g/mol. The summed E-state index contributed by atoms with van der Waals surface area (Å²) in [6.07, 6.45) is 1.57. The van der Waals surface area contributed by atoms with Crippen LogP contribution in [0.1, 0.15) is 22.7 Å². The summed E-state index contributed by atoms with van der Waals surface area (Å²) in [4.78, 5) is 29.8. The normalized spacial score (nSPS) is 20.2. The fraction of sp³-hybridized carbons (Fsp3) is 0.333. The number of benzene rings is 2. The van der Waals surface area contributed by atoms with Gasteiger partial charge in [-0.2, -0.15) is 0 Å². The highest BCUT2D eigenvalue weighted by molar-refractivity contribution is 6.46. The maximum atomic E-state index is 13.1. The van der Waals surface area contributed by atoms with E-state index in [1.165, 1.54) is 4.90 Å². The summed E-state index contributed by atoms with van der Waals surface area (Å²) in [5, 5.41) is 11.2. The molecule has 0 saturated carbocycles. The van der Waals surface area contributed by atoms with Crippen LogP contribution in [0.2, 0.25) is 0 Å². The van der Waals surface area contributed by atoms with E-state index in [1.807, 2.05) is 18.2 Å². The lowest BCUT2D eigenvalue weighted by molar-refractivity contribution is -0.139. The number of likely N-dealkylation sites (tertiary alicyclic amines) is 1. The van der Waals surface area contributed by atoms with E-state index in [1.54, 1.807) is 44.6 Å². The topological polar surface area (TPSA) is 88.5 Å². The molecule has 0 aliphatic carbocycles. The summed E-state index contributed by atoms with van der Waals surface area (Å²) in [5.41, 5.74) is 2.12. The molecule has 8 heteroatoms. The van der Waals surface area contributed by atoms with Crippen molar-refractivity contribution < 1.29 is 28.9 Å². The first-order valence-corrected chi connectivity index (χ1v) is 11.5. The van der Waals surface area contributed by atoms with Crippen LogP contribution in [0.25, 0.3) is 5.76 Å². The second-order valence-electron chi connectivity index (χ2n) is 8.43. The Labute approximate surface area is 205 Å². The van der Waals surface area contributed by atoms with Crippen molar-refractivity contribution in [3.63, 3.8) is 0 Å². The molecule has 2 aliphatic rings. The molecular weight excluding hydrogens is 448 g/mol. The van der Waals surface area contributed by atoms with Crippen molar-refractivity contribution in [1.29, 1.82) is 0 Å². The number of methoxy groups -OCH3 is 2. The van der Waals surface area contributed by atoms with Crippen LogP contribution in [0.5, 0.6) is 11.5 Å². The van der Waals surface area contributed by atoms with Gasteiger partial charge in [-0.3, -0.25) is 14.5 Å². The molecule has 0 bridgehead atoms. The van der Waals surface area contributed by atoms with E-state index >= 15 is 0 Å². The van der Waals surface area contributed by atoms with Crippen molar-refractivity contribution in [3.05, 3.63) is 77.4 Å². The number of carbonyl (C=O) groups excluding carboxylic acids is 2. The van der Waals surface area contributed by atoms with Crippen molar-refractivity contribution in [2.75, 3.05) is 47.1 Å². The zero-order valence-electron chi connectivity index (χ0n) is 20.0. The second kappa shape index (κ2) is 10.8. The van der Waals surface area contributed by atoms with Gasteiger partial charge < -0.3 is 24.2 Å². The molecule has 0 radical (unpaired) electrons. The van der Waals surface area contributed by atoms with Crippen LogP contribution >= 0.6 is 0 Å². The Bertz CT molecular complexity index is 1130. The van der Waals surface area contributed by atoms with Gasteiger partial charge in [0.25, 0.3) is 11.7 Å². The third-order valence-corrected chi connectivity index (χ3v) is 6.35. The van der Waals surface area contributed by atoms with Crippen molar-refractivity contribution in [2.24, 2.45) is 0 Å². The highest BCUT2D eigenvalue weighted by atomic mass is 16.5. The molecule has 2 fully saturated rings. The minimum Gasteiger partial charge on any atom is -0.507 e. The largest absolute Gasteiger partial charge is 0.507 e. The van der Waals surface area contributed by atoms with Gasteiger partial charge in [-0.15, -0.1) is 6.58 Å². The Kier molecular flexibility index (Phi) is 7.53. The molecule has 4 rings (SSSR count). The number of amides is 1. The maximum Gasteiger partial charge on any atom is 0.295 e. The standard InChI is InChI=1S/C27H30N2O6/c1-4-11-29-24(19-7-10-22(34-3)20(16-19)17-28-12-14-35-15-13-28)23(26(31)27(29)32)25(30)18-5-8-21(33-2)9-6-18/h4-10,16,24,30H,1,11-15,17H2,2-3H3/t24-/m0/s1. The van der Waals surface area contributed by atoms with E-state index in [4.69, 9.17) is 14.2 Å². The Balaban J connectivity index is 1.80. The number of hydrogen-bond donors (Lipinski definition) is 1. The summed E-state index contributed by atoms with van der Waals surface area (Å²) < 4.78 is 16.2. The van der Waals surface area contributed by atoms with E-state index in [0.29, 0.717) is 36.6 Å². The van der Waals surface area contributed by atoms with E-state index in [0.717, 1.165) is 24.4 Å². The number of carbonyl (C=O) groups is 2. The van der Waals surface area contributed by atoms with Crippen molar-refractivity contribution in [3.8, 4) is 11.5 Å². The minimum atomic E-state index is -0.760. The number of morpholine rings is 1. The lowest BCUT2D eigenvalue weighted by Crippen LogP contribution is -2.35. The van der Waals surface area contributed by atoms with Crippen molar-refractivity contribution in [1.82, 2.24) is 9.80 Å². The zero-order valence-corrected chi connectivity index (χ0v) is 20.0. The number of ketones is 1. The zero-order chi connectivity index (χ0) is 24.9. The molecule has 1 amide bonds. The van der Waals surface area contributed by atoms with E-state index < -0.39 is 17.7 Å². The molecule has 0 aromatic heterocycles. The summed E-state index contributed by atoms with van der Waals surface area (Å²) in [7, 11) is 3.17. The molecule has 8 nitrogen and oxygen atoms in total. The predicted octanol–water partition coefficient (Wildman–Crippen LogP) is 3.14. The SMILES string of the molecule is C=CCN1C(=O)C(=O)C(=C(O)c2ccc(OC)cc2)[C@@H]1c1ccc(OC)c(CN2CCOCC2)c1. The van der Waals surface area contributed by atoms with Gasteiger partial charge in [-0.05, 0) is 42.0 Å². The molecule has 2 aliphatic heterocycles. The first kappa shape index (κ1) is 24.5. The minimum absolute atomic E-state index is 0.0458. The molecule has 2 heterocycles. The van der Waals surface area contributed by atoms with E-state index in [9.17, 15) is 14.7 Å². The molecule has 2 aromatic carbocycles. The molecule has 2 aromatic rings. The Morgan fingerprint density at radius 3 is 2.46 bits per heavy atom. The lowest BCUT2D eigenvalue weighted by atomic mass is 9.93. The second-order valence-corrected chi connectivity index (χ2v) is 8.43. The highest BCUT2D eigenvalue weighted by Gasteiger charge is 2.45. The van der Waals surface area contributed by atoms with Crippen molar-refractivity contribution in [2.45, 2.75) is 12.6 Å². The summed E-state index contributed by atoms with van der Waals surface area (Å²) in [6, 6.07) is 11.6. The summed E-state index contributed by atoms with van der Waals surface area (Å²) in [5.74, 6) is -0.288. The quantitative estimate of drug-likeness (QED) is 0.270. The Hall–Kier alpha value is -3.62. The first-order chi connectivity index (χ1) is 17.0. The number of nitrogens with zero attached hydrogens (tertiary/aromatic N) is 2. The maximum absolute atomic E-state index is 13.1. The average Bonchev–Trinajstić information content (AvgIpc) is 3.14. The van der Waals surface area contributed by atoms with Crippen LogP contribution in [0.3, 0.4) is 0 Å². The third-order valence-electron chi connectivity index (χ3n) is 6.35. The van der Waals surface area contributed by atoms with Gasteiger partial charge in [0.15, 0.2) is 0 Å². The Morgan fingerprint density at radius 1 is 1.11 bits per heavy atom. The van der Waals surface area contributed by atoms with Crippen LogP contribution in [0, 0.1) is 0 Å². The first-order valence-electron chi connectivity index (χ1n) is 11.5. The number of hydrogen-bond acceptors (Lipinski definition) is 7. The fourth-order valence-electron chi connectivity index (χ4n) is 4.55. The van der Waals surface area contributed by atoms with Crippen LogP contribution in [0.15, 0.2) is 60.7 Å². The van der Waals surface area contributed by atoms with E-state index in [-0.39, 0.29) is 17.9 Å². The van der Waals surface area contributed by atoms with Gasteiger partial charge in [-0.1, -0.05) is 12.1 Å². The number of aliphatic hydroxyl groups is 1. The molecule has 1 atom stereocenters. The van der Waals surface area contributed by atoms with Gasteiger partial charge in [0.05, 0.1) is 39.0 Å². The molecule has 184 valence electrons. The lowest BCUT2D eigenvalue weighted by Gasteiger charge is -2.28. The Morgan fingerprint density at radius 2 is 1.83 bits per heavy atom. The molecular formula is C27H30N2O6. The van der Waals surface area contributed by atoms with Crippen LogP contribution < -0.4 is 9.47 Å². The van der Waals surface area contributed by atoms with Gasteiger partial charge in [0, 0.05) is 37.3 Å². The average molecular weight is 479 g/mol. The van der Waals surface area contributed by atoms with Crippen LogP contribution in [-0.2, 0) is 20.9 Å². The van der Waals surface area contributed by atoms with Crippen LogP contribution in [0.4, 0.5) is 0 Å². The number of ether oxygens (including phenoxy) is 3. The molecule has 1 N–H and O–H groups in total. The number of Topliss-reactive ketones (excluding diaryl/α,β-unsaturated/α-hetero) is 1. The van der Waals surface area contributed by atoms with Gasteiger partial charge in [0.2, 0.25) is 0 Å². The molecule has 2 saturated heterocycles. The van der Waals surface area contributed by atoms with E-state index in [2.05, 4.69) is 11.5 Å². The molecule has 35 heavy (non-hydrogen) atoms. The highest BCUT2D eigenvalue weighted by Crippen LogP contribution is 2.40. The van der Waals surface area contributed by atoms with Crippen molar-refractivity contribution >= 4 is 17.4 Å². The third kappa shape index (κ3) is 4.94. The molecule has 0 unspecified atom stereocenters. The van der Waals surface area contributed by atoms with Crippen LogP contribution in [-0.4, -0.2) is 73.7 Å². The number of aliphatic hydroxyl groups excluding tert-OH is 1. The summed E-state index contributed by atoms with van der Waals surface area (Å²) >= 11 is 0. The number of rotatable bonds is 8. The molecule has 0 spiro atoms.